The van der Waals surface area contributed by atoms with Crippen LogP contribution in [0.5, 0.6) is 0 Å². The minimum absolute atomic E-state index is 0.00186. The SMILES string of the molecule is CCOC(=O)c1ccc(S(=O)(=O)N2CCCC(N(C)CC(=O)O)CC2)o1. The highest BCUT2D eigenvalue weighted by Gasteiger charge is 2.32. The number of likely N-dealkylation sites (N-methyl/N-ethyl adjacent to an activating group) is 1. The highest BCUT2D eigenvalue weighted by atomic mass is 32.2. The Morgan fingerprint density at radius 1 is 1.35 bits per heavy atom. The first-order valence-corrected chi connectivity index (χ1v) is 9.88. The van der Waals surface area contributed by atoms with Gasteiger partial charge in [-0.2, -0.15) is 4.31 Å². The summed E-state index contributed by atoms with van der Waals surface area (Å²) in [5.41, 5.74) is 0. The highest BCUT2D eigenvalue weighted by Crippen LogP contribution is 2.24. The van der Waals surface area contributed by atoms with E-state index in [0.717, 1.165) is 0 Å². The van der Waals surface area contributed by atoms with Gasteiger partial charge in [0.15, 0.2) is 0 Å². The standard InChI is InChI=1S/C16H24N2O7S/c1-3-24-16(21)13-6-7-15(25-13)26(22,23)18-9-4-5-12(8-10-18)17(2)11-14(19)20/h6-7,12H,3-5,8-11H2,1-2H3,(H,19,20). The van der Waals surface area contributed by atoms with Crippen LogP contribution < -0.4 is 0 Å². The number of hydrogen-bond donors (Lipinski definition) is 1. The molecule has 1 aromatic heterocycles. The van der Waals surface area contributed by atoms with Crippen LogP contribution in [0.15, 0.2) is 21.6 Å². The van der Waals surface area contributed by atoms with Gasteiger partial charge in [-0.1, -0.05) is 0 Å². The zero-order valence-electron chi connectivity index (χ0n) is 14.9. The van der Waals surface area contributed by atoms with Crippen LogP contribution in [0.2, 0.25) is 0 Å². The molecular formula is C16H24N2O7S. The first-order chi connectivity index (χ1) is 12.3. The summed E-state index contributed by atoms with van der Waals surface area (Å²) in [6.07, 6.45) is 1.84. The van der Waals surface area contributed by atoms with E-state index >= 15 is 0 Å². The van der Waals surface area contributed by atoms with Crippen LogP contribution in [0, 0.1) is 0 Å². The molecule has 9 nitrogen and oxygen atoms in total. The van der Waals surface area contributed by atoms with Crippen molar-refractivity contribution in [3.05, 3.63) is 17.9 Å². The lowest BCUT2D eigenvalue weighted by Gasteiger charge is -2.25. The minimum Gasteiger partial charge on any atom is -0.480 e. The molecule has 0 amide bonds. The average Bonchev–Trinajstić information content (AvgIpc) is 2.93. The fraction of sp³-hybridized carbons (Fsp3) is 0.625. The Hall–Kier alpha value is -1.91. The monoisotopic (exact) mass is 388 g/mol. The van der Waals surface area contributed by atoms with Gasteiger partial charge in [-0.25, -0.2) is 13.2 Å². The van der Waals surface area contributed by atoms with Crippen LogP contribution in [0.25, 0.3) is 0 Å². The molecule has 0 saturated carbocycles. The Balaban J connectivity index is 2.08. The number of carbonyl (C=O) groups is 2. The number of hydrogen-bond acceptors (Lipinski definition) is 7. The second-order valence-corrected chi connectivity index (χ2v) is 8.01. The van der Waals surface area contributed by atoms with Crippen molar-refractivity contribution in [1.29, 1.82) is 0 Å². The zero-order chi connectivity index (χ0) is 19.3. The molecule has 0 radical (unpaired) electrons. The predicted octanol–water partition coefficient (Wildman–Crippen LogP) is 1.02. The number of carboxylic acid groups (broad SMARTS) is 1. The lowest BCUT2D eigenvalue weighted by atomic mass is 10.1. The van der Waals surface area contributed by atoms with Gasteiger partial charge in [0.2, 0.25) is 10.9 Å². The normalized spacial score (nSPS) is 19.3. The van der Waals surface area contributed by atoms with Gasteiger partial charge in [-0.05, 0) is 45.4 Å². The Labute approximate surface area is 152 Å². The van der Waals surface area contributed by atoms with E-state index in [9.17, 15) is 18.0 Å². The lowest BCUT2D eigenvalue weighted by Crippen LogP contribution is -2.37. The lowest BCUT2D eigenvalue weighted by molar-refractivity contribution is -0.138. The number of nitrogens with zero attached hydrogens (tertiary/aromatic N) is 2. The third-order valence-electron chi connectivity index (χ3n) is 4.32. The van der Waals surface area contributed by atoms with Gasteiger partial charge >= 0.3 is 11.9 Å². The number of ether oxygens (including phenoxy) is 1. The first kappa shape index (κ1) is 20.4. The maximum atomic E-state index is 12.8. The maximum Gasteiger partial charge on any atom is 0.374 e. The molecule has 0 aliphatic carbocycles. The molecule has 1 atom stereocenters. The molecule has 0 aromatic carbocycles. The predicted molar refractivity (Wildman–Crippen MR) is 91.3 cm³/mol. The fourth-order valence-corrected chi connectivity index (χ4v) is 4.38. The van der Waals surface area contributed by atoms with Crippen molar-refractivity contribution in [2.45, 2.75) is 37.3 Å². The highest BCUT2D eigenvalue weighted by molar-refractivity contribution is 7.89. The second-order valence-electron chi connectivity index (χ2n) is 6.14. The summed E-state index contributed by atoms with van der Waals surface area (Å²) >= 11 is 0. The van der Waals surface area contributed by atoms with Gasteiger partial charge in [0.25, 0.3) is 10.0 Å². The number of furan rings is 1. The number of carbonyl (C=O) groups excluding carboxylic acids is 1. The number of sulfonamides is 1. The molecule has 2 rings (SSSR count). The minimum atomic E-state index is -3.86. The Morgan fingerprint density at radius 2 is 2.08 bits per heavy atom. The van der Waals surface area contributed by atoms with Crippen molar-refractivity contribution < 1.29 is 32.3 Å². The molecule has 0 bridgehead atoms. The van der Waals surface area contributed by atoms with Crippen LogP contribution in [-0.2, 0) is 19.6 Å². The zero-order valence-corrected chi connectivity index (χ0v) is 15.7. The summed E-state index contributed by atoms with van der Waals surface area (Å²) in [7, 11) is -2.14. The Morgan fingerprint density at radius 3 is 2.73 bits per heavy atom. The van der Waals surface area contributed by atoms with E-state index in [2.05, 4.69) is 0 Å². The molecule has 1 fully saturated rings. The molecule has 146 valence electrons. The molecule has 1 N–H and O–H groups in total. The van der Waals surface area contributed by atoms with Gasteiger partial charge in [-0.3, -0.25) is 9.69 Å². The topological polar surface area (TPSA) is 117 Å². The van der Waals surface area contributed by atoms with Crippen LogP contribution in [0.3, 0.4) is 0 Å². The van der Waals surface area contributed by atoms with Crippen molar-refractivity contribution in [2.24, 2.45) is 0 Å². The third kappa shape index (κ3) is 4.83. The third-order valence-corrected chi connectivity index (χ3v) is 6.09. The van der Waals surface area contributed by atoms with Crippen molar-refractivity contribution in [3.8, 4) is 0 Å². The number of carboxylic acids is 1. The summed E-state index contributed by atoms with van der Waals surface area (Å²) in [4.78, 5) is 24.2. The molecule has 1 aliphatic rings. The van der Waals surface area contributed by atoms with Crippen LogP contribution in [0.1, 0.15) is 36.7 Å². The van der Waals surface area contributed by atoms with E-state index in [1.54, 1.807) is 18.9 Å². The molecule has 0 spiro atoms. The van der Waals surface area contributed by atoms with Crippen molar-refractivity contribution in [1.82, 2.24) is 9.21 Å². The van der Waals surface area contributed by atoms with Crippen molar-refractivity contribution in [2.75, 3.05) is 33.3 Å². The van der Waals surface area contributed by atoms with Gasteiger partial charge < -0.3 is 14.3 Å². The molecule has 1 saturated heterocycles. The van der Waals surface area contributed by atoms with Crippen LogP contribution in [0.4, 0.5) is 0 Å². The van der Waals surface area contributed by atoms with E-state index < -0.39 is 22.0 Å². The molecule has 2 heterocycles. The van der Waals surface area contributed by atoms with E-state index in [-0.39, 0.29) is 36.6 Å². The quantitative estimate of drug-likeness (QED) is 0.688. The molecule has 1 unspecified atom stereocenters. The average molecular weight is 388 g/mol. The van der Waals surface area contributed by atoms with Gasteiger partial charge in [0.1, 0.15) is 0 Å². The Bertz CT molecular complexity index is 744. The van der Waals surface area contributed by atoms with E-state index in [1.165, 1.54) is 16.4 Å². The van der Waals surface area contributed by atoms with Crippen molar-refractivity contribution >= 4 is 22.0 Å². The molecular weight excluding hydrogens is 364 g/mol. The van der Waals surface area contributed by atoms with E-state index in [4.69, 9.17) is 14.3 Å². The smallest absolute Gasteiger partial charge is 0.374 e. The number of rotatable bonds is 7. The van der Waals surface area contributed by atoms with Gasteiger partial charge in [0, 0.05) is 19.1 Å². The summed E-state index contributed by atoms with van der Waals surface area (Å²) in [6, 6.07) is 2.53. The van der Waals surface area contributed by atoms with Gasteiger partial charge in [0.05, 0.1) is 13.2 Å². The Kier molecular flexibility index (Phi) is 6.79. The number of esters is 1. The summed E-state index contributed by atoms with van der Waals surface area (Å²) in [5.74, 6) is -1.78. The molecule has 10 heteroatoms. The summed E-state index contributed by atoms with van der Waals surface area (Å²) in [6.45, 7) is 2.30. The van der Waals surface area contributed by atoms with Crippen LogP contribution in [-0.4, -0.2) is 74.0 Å². The summed E-state index contributed by atoms with van der Waals surface area (Å²) in [5, 5.41) is 8.61. The van der Waals surface area contributed by atoms with Gasteiger partial charge in [-0.15, -0.1) is 0 Å². The largest absolute Gasteiger partial charge is 0.480 e. The maximum absolute atomic E-state index is 12.8. The van der Waals surface area contributed by atoms with E-state index in [1.807, 2.05) is 0 Å². The first-order valence-electron chi connectivity index (χ1n) is 8.44. The van der Waals surface area contributed by atoms with Crippen molar-refractivity contribution in [3.63, 3.8) is 0 Å². The van der Waals surface area contributed by atoms with E-state index in [0.29, 0.717) is 25.8 Å². The van der Waals surface area contributed by atoms with Crippen LogP contribution >= 0.6 is 0 Å². The molecule has 26 heavy (non-hydrogen) atoms. The second kappa shape index (κ2) is 8.65. The summed E-state index contributed by atoms with van der Waals surface area (Å²) < 4.78 is 36.8. The number of aliphatic carboxylic acids is 1. The molecule has 1 aliphatic heterocycles. The molecule has 1 aromatic rings. The fourth-order valence-electron chi connectivity index (χ4n) is 2.97.